The molecular formula is C13H10BrClN2O3. The van der Waals surface area contributed by atoms with E-state index in [9.17, 15) is 9.59 Å². The summed E-state index contributed by atoms with van der Waals surface area (Å²) < 4.78 is 5.39. The average molecular weight is 358 g/mol. The van der Waals surface area contributed by atoms with Crippen LogP contribution in [0, 0.1) is 0 Å². The Morgan fingerprint density at radius 1 is 1.25 bits per heavy atom. The van der Waals surface area contributed by atoms with Crippen molar-refractivity contribution >= 4 is 45.0 Å². The first-order valence-corrected chi connectivity index (χ1v) is 6.79. The Kier molecular flexibility index (Phi) is 4.81. The maximum absolute atomic E-state index is 11.7. The van der Waals surface area contributed by atoms with E-state index in [1.807, 2.05) is 0 Å². The molecule has 0 aliphatic rings. The molecule has 0 saturated carbocycles. The highest BCUT2D eigenvalue weighted by atomic mass is 79.9. The van der Waals surface area contributed by atoms with Crippen molar-refractivity contribution in [2.24, 2.45) is 0 Å². The largest absolute Gasteiger partial charge is 0.457 e. The second-order valence-electron chi connectivity index (χ2n) is 3.88. The fourth-order valence-corrected chi connectivity index (χ4v) is 1.90. The van der Waals surface area contributed by atoms with E-state index in [0.29, 0.717) is 20.9 Å². The molecule has 0 saturated heterocycles. The van der Waals surface area contributed by atoms with Gasteiger partial charge in [-0.05, 0) is 40.2 Å². The van der Waals surface area contributed by atoms with Gasteiger partial charge in [0.25, 0.3) is 5.91 Å². The van der Waals surface area contributed by atoms with Gasteiger partial charge in [-0.15, -0.1) is 0 Å². The lowest BCUT2D eigenvalue weighted by Crippen LogP contribution is -2.32. The van der Waals surface area contributed by atoms with E-state index in [2.05, 4.69) is 26.6 Å². The molecule has 1 heterocycles. The maximum atomic E-state index is 11.7. The van der Waals surface area contributed by atoms with Crippen LogP contribution in [0.25, 0.3) is 0 Å². The average Bonchev–Trinajstić information content (AvgIpc) is 2.85. The number of hydrogen-bond acceptors (Lipinski definition) is 3. The van der Waals surface area contributed by atoms with Crippen molar-refractivity contribution < 1.29 is 14.0 Å². The molecule has 0 fully saturated rings. The Labute approximate surface area is 128 Å². The summed E-state index contributed by atoms with van der Waals surface area (Å²) in [5.74, 6) is -0.714. The molecule has 0 atom stereocenters. The highest BCUT2D eigenvalue weighted by molar-refractivity contribution is 9.10. The van der Waals surface area contributed by atoms with Crippen LogP contribution in [-0.2, 0) is 4.79 Å². The van der Waals surface area contributed by atoms with Gasteiger partial charge in [0.05, 0.1) is 12.1 Å². The monoisotopic (exact) mass is 356 g/mol. The predicted molar refractivity (Wildman–Crippen MR) is 78.8 cm³/mol. The number of amides is 2. The van der Waals surface area contributed by atoms with E-state index < -0.39 is 0 Å². The lowest BCUT2D eigenvalue weighted by atomic mass is 10.3. The van der Waals surface area contributed by atoms with Gasteiger partial charge in [-0.25, -0.2) is 0 Å². The van der Waals surface area contributed by atoms with Gasteiger partial charge in [0.2, 0.25) is 5.91 Å². The van der Waals surface area contributed by atoms with Gasteiger partial charge in [0.1, 0.15) is 6.26 Å². The maximum Gasteiger partial charge on any atom is 0.255 e. The molecule has 2 amide bonds. The first-order chi connectivity index (χ1) is 9.54. The highest BCUT2D eigenvalue weighted by Gasteiger charge is 2.10. The van der Waals surface area contributed by atoms with Gasteiger partial charge in [-0.1, -0.05) is 11.6 Å². The first-order valence-electron chi connectivity index (χ1n) is 5.62. The Morgan fingerprint density at radius 3 is 2.55 bits per heavy atom. The van der Waals surface area contributed by atoms with Crippen LogP contribution in [0.1, 0.15) is 10.4 Å². The normalized spacial score (nSPS) is 10.1. The van der Waals surface area contributed by atoms with Crippen LogP contribution in [0.15, 0.2) is 45.7 Å². The summed E-state index contributed by atoms with van der Waals surface area (Å²) in [6.45, 7) is -0.135. The molecule has 2 aromatic rings. The number of carbonyl (C=O) groups excluding carboxylic acids is 2. The molecule has 0 bridgehead atoms. The first kappa shape index (κ1) is 14.6. The molecule has 1 aromatic carbocycles. The lowest BCUT2D eigenvalue weighted by molar-refractivity contribution is -0.115. The molecule has 0 spiro atoms. The van der Waals surface area contributed by atoms with Gasteiger partial charge < -0.3 is 15.1 Å². The minimum Gasteiger partial charge on any atom is -0.457 e. The van der Waals surface area contributed by atoms with Gasteiger partial charge in [-0.3, -0.25) is 9.59 Å². The summed E-state index contributed by atoms with van der Waals surface area (Å²) in [6, 6.07) is 8.20. The zero-order valence-electron chi connectivity index (χ0n) is 10.2. The van der Waals surface area contributed by atoms with Gasteiger partial charge in [0.15, 0.2) is 4.67 Å². The number of nitrogens with one attached hydrogen (secondary N) is 2. The highest BCUT2D eigenvalue weighted by Crippen LogP contribution is 2.14. The summed E-state index contributed by atoms with van der Waals surface area (Å²) in [4.78, 5) is 23.3. The molecule has 1 aromatic heterocycles. The number of benzene rings is 1. The van der Waals surface area contributed by atoms with Crippen LogP contribution < -0.4 is 10.6 Å². The SMILES string of the molecule is O=C(CNC(=O)c1coc(Br)c1)Nc1ccc(Cl)cc1. The quantitative estimate of drug-likeness (QED) is 0.883. The number of furan rings is 1. The molecule has 2 rings (SSSR count). The van der Waals surface area contributed by atoms with Crippen molar-refractivity contribution in [2.45, 2.75) is 0 Å². The Morgan fingerprint density at radius 2 is 1.95 bits per heavy atom. The summed E-state index contributed by atoms with van der Waals surface area (Å²) >= 11 is 8.83. The second kappa shape index (κ2) is 6.58. The van der Waals surface area contributed by atoms with E-state index in [1.54, 1.807) is 24.3 Å². The van der Waals surface area contributed by atoms with Gasteiger partial charge in [-0.2, -0.15) is 0 Å². The molecule has 104 valence electrons. The summed E-state index contributed by atoms with van der Waals surface area (Å²) in [5.41, 5.74) is 0.955. The fourth-order valence-electron chi connectivity index (χ4n) is 1.43. The van der Waals surface area contributed by atoms with Crippen molar-refractivity contribution in [2.75, 3.05) is 11.9 Å². The molecule has 0 unspecified atom stereocenters. The van der Waals surface area contributed by atoms with E-state index >= 15 is 0 Å². The summed E-state index contributed by atoms with van der Waals surface area (Å²) in [6.07, 6.45) is 1.30. The molecular weight excluding hydrogens is 348 g/mol. The predicted octanol–water partition coefficient (Wildman–Crippen LogP) is 3.06. The zero-order valence-corrected chi connectivity index (χ0v) is 12.5. The molecule has 0 aliphatic carbocycles. The van der Waals surface area contributed by atoms with Gasteiger partial charge in [0, 0.05) is 16.8 Å². The number of hydrogen-bond donors (Lipinski definition) is 2. The van der Waals surface area contributed by atoms with Crippen molar-refractivity contribution in [3.05, 3.63) is 51.9 Å². The molecule has 2 N–H and O–H groups in total. The van der Waals surface area contributed by atoms with Crippen molar-refractivity contribution in [3.63, 3.8) is 0 Å². The third-order valence-corrected chi connectivity index (χ3v) is 3.03. The second-order valence-corrected chi connectivity index (χ2v) is 5.10. The van der Waals surface area contributed by atoms with Crippen LogP contribution >= 0.6 is 27.5 Å². The van der Waals surface area contributed by atoms with Crippen molar-refractivity contribution in [1.29, 1.82) is 0 Å². The third-order valence-electron chi connectivity index (χ3n) is 2.37. The van der Waals surface area contributed by atoms with E-state index in [1.165, 1.54) is 12.3 Å². The summed E-state index contributed by atoms with van der Waals surface area (Å²) in [5, 5.41) is 5.71. The molecule has 5 nitrogen and oxygen atoms in total. The Hall–Kier alpha value is -1.79. The standard InChI is InChI=1S/C13H10BrClN2O3/c14-11-5-8(7-20-11)13(19)16-6-12(18)17-10-3-1-9(15)2-4-10/h1-5,7H,6H2,(H,16,19)(H,17,18). The van der Waals surface area contributed by atoms with Crippen LogP contribution in [-0.4, -0.2) is 18.4 Å². The van der Waals surface area contributed by atoms with Crippen molar-refractivity contribution in [3.8, 4) is 0 Å². The molecule has 7 heteroatoms. The smallest absolute Gasteiger partial charge is 0.255 e. The van der Waals surface area contributed by atoms with Crippen LogP contribution in [0.2, 0.25) is 5.02 Å². The Bertz CT molecular complexity index is 625. The van der Waals surface area contributed by atoms with E-state index in [4.69, 9.17) is 16.0 Å². The fraction of sp³-hybridized carbons (Fsp3) is 0.0769. The van der Waals surface area contributed by atoms with Crippen LogP contribution in [0.5, 0.6) is 0 Å². The summed E-state index contributed by atoms with van der Waals surface area (Å²) in [7, 11) is 0. The Balaban J connectivity index is 1.83. The van der Waals surface area contributed by atoms with Gasteiger partial charge >= 0.3 is 0 Å². The van der Waals surface area contributed by atoms with Crippen LogP contribution in [0.4, 0.5) is 5.69 Å². The molecule has 0 radical (unpaired) electrons. The number of anilines is 1. The van der Waals surface area contributed by atoms with Crippen molar-refractivity contribution in [1.82, 2.24) is 5.32 Å². The minimum atomic E-state index is -0.384. The number of halogens is 2. The number of rotatable bonds is 4. The topological polar surface area (TPSA) is 71.3 Å². The third kappa shape index (κ3) is 4.11. The molecule has 20 heavy (non-hydrogen) atoms. The van der Waals surface area contributed by atoms with E-state index in [0.717, 1.165) is 0 Å². The lowest BCUT2D eigenvalue weighted by Gasteiger charge is -2.06. The van der Waals surface area contributed by atoms with E-state index in [-0.39, 0.29) is 18.4 Å². The zero-order chi connectivity index (χ0) is 14.5. The molecule has 0 aliphatic heterocycles. The van der Waals surface area contributed by atoms with Crippen LogP contribution in [0.3, 0.4) is 0 Å². The number of carbonyl (C=O) groups is 2. The minimum absolute atomic E-state index is 0.135.